The Labute approximate surface area is 153 Å². The van der Waals surface area contributed by atoms with Gasteiger partial charge in [-0.15, -0.1) is 0 Å². The van der Waals surface area contributed by atoms with Crippen molar-refractivity contribution in [2.75, 3.05) is 0 Å². The number of hydrogen-bond acceptors (Lipinski definition) is 4. The molecule has 1 N–H and O–H groups in total. The number of halogens is 7. The normalized spacial score (nSPS) is 23.3. The first-order chi connectivity index (χ1) is 12.4. The van der Waals surface area contributed by atoms with Crippen molar-refractivity contribution in [1.82, 2.24) is 14.8 Å². The second kappa shape index (κ2) is 6.36. The van der Waals surface area contributed by atoms with E-state index in [4.69, 9.17) is 11.6 Å². The van der Waals surface area contributed by atoms with E-state index in [-0.39, 0.29) is 16.6 Å². The number of hydrogen-bond donors (Lipinski definition) is 1. The van der Waals surface area contributed by atoms with E-state index < -0.39 is 54.1 Å². The molecular weight excluding hydrogens is 406 g/mol. The first-order valence-corrected chi connectivity index (χ1v) is 8.22. The molecule has 27 heavy (non-hydrogen) atoms. The van der Waals surface area contributed by atoms with Gasteiger partial charge in [0.1, 0.15) is 0 Å². The van der Waals surface area contributed by atoms with Gasteiger partial charge in [-0.1, -0.05) is 11.6 Å². The number of aryl methyl sites for hydroxylation is 1. The molecule has 1 saturated carbocycles. The summed E-state index contributed by atoms with van der Waals surface area (Å²) in [5.41, 5.74) is -4.67. The lowest BCUT2D eigenvalue weighted by molar-refractivity contribution is -0.302. The fourth-order valence-electron chi connectivity index (χ4n) is 2.80. The fraction of sp³-hybridized carbons (Fsp3) is 0.643. The van der Waals surface area contributed by atoms with Crippen molar-refractivity contribution >= 4 is 23.7 Å². The first kappa shape index (κ1) is 19.9. The highest BCUT2D eigenvalue weighted by Gasteiger charge is 2.61. The van der Waals surface area contributed by atoms with Gasteiger partial charge in [0, 0.05) is 25.0 Å². The smallest absolute Gasteiger partial charge is 0.362 e. The van der Waals surface area contributed by atoms with Crippen LogP contribution >= 0.6 is 11.6 Å². The molecule has 1 aromatic heterocycles. The monoisotopic (exact) mass is 418 g/mol. The van der Waals surface area contributed by atoms with Crippen molar-refractivity contribution in [3.05, 3.63) is 16.4 Å². The molecule has 1 aliphatic carbocycles. The Morgan fingerprint density at radius 2 is 1.93 bits per heavy atom. The Balaban J connectivity index is 1.79. The molecule has 1 atom stereocenters. The summed E-state index contributed by atoms with van der Waals surface area (Å²) < 4.78 is 78.9. The lowest BCUT2D eigenvalue weighted by Gasteiger charge is -2.32. The van der Waals surface area contributed by atoms with Crippen LogP contribution in [0.4, 0.5) is 26.3 Å². The summed E-state index contributed by atoms with van der Waals surface area (Å²) in [6.07, 6.45) is -9.58. The molecule has 0 bridgehead atoms. The van der Waals surface area contributed by atoms with Crippen LogP contribution in [-0.4, -0.2) is 43.9 Å². The van der Waals surface area contributed by atoms with Gasteiger partial charge >= 0.3 is 12.4 Å². The zero-order valence-corrected chi connectivity index (χ0v) is 14.2. The molecule has 0 aromatic carbocycles. The number of carbonyl (C=O) groups excluding carboxylic acids is 1. The van der Waals surface area contributed by atoms with Gasteiger partial charge in [-0.2, -0.15) is 41.6 Å². The van der Waals surface area contributed by atoms with Crippen molar-refractivity contribution in [2.45, 2.75) is 56.2 Å². The second-order valence-electron chi connectivity index (χ2n) is 6.32. The Bertz CT molecular complexity index is 786. The van der Waals surface area contributed by atoms with E-state index in [1.54, 1.807) is 0 Å². The minimum atomic E-state index is -5.14. The van der Waals surface area contributed by atoms with Gasteiger partial charge < -0.3 is 5.11 Å². The summed E-state index contributed by atoms with van der Waals surface area (Å²) >= 11 is 5.79. The molecule has 1 fully saturated rings. The maximum absolute atomic E-state index is 13.0. The zero-order chi connectivity index (χ0) is 20.2. The van der Waals surface area contributed by atoms with E-state index in [0.29, 0.717) is 12.8 Å². The van der Waals surface area contributed by atoms with Crippen molar-refractivity contribution in [2.24, 2.45) is 5.10 Å². The molecule has 1 aromatic rings. The number of aromatic nitrogens is 2. The van der Waals surface area contributed by atoms with Gasteiger partial charge in [-0.25, -0.2) is 0 Å². The molecule has 3 rings (SSSR count). The highest BCUT2D eigenvalue weighted by Crippen LogP contribution is 2.47. The third kappa shape index (κ3) is 3.51. The van der Waals surface area contributed by atoms with E-state index in [0.717, 1.165) is 10.9 Å². The van der Waals surface area contributed by atoms with Gasteiger partial charge in [0.2, 0.25) is 5.91 Å². The predicted octanol–water partition coefficient (Wildman–Crippen LogP) is 3.29. The van der Waals surface area contributed by atoms with Crippen LogP contribution in [0.1, 0.15) is 43.0 Å². The second-order valence-corrected chi connectivity index (χ2v) is 6.69. The fourth-order valence-corrected chi connectivity index (χ4v) is 3.19. The summed E-state index contributed by atoms with van der Waals surface area (Å²) in [7, 11) is 0. The van der Waals surface area contributed by atoms with E-state index in [9.17, 15) is 36.2 Å². The summed E-state index contributed by atoms with van der Waals surface area (Å²) in [6.45, 7) is -0.430. The van der Waals surface area contributed by atoms with Crippen LogP contribution in [0, 0.1) is 0 Å². The van der Waals surface area contributed by atoms with Crippen LogP contribution in [-0.2, 0) is 17.5 Å². The minimum Gasteiger partial charge on any atom is -0.362 e. The molecule has 13 heteroatoms. The highest BCUT2D eigenvalue weighted by molar-refractivity contribution is 6.32. The van der Waals surface area contributed by atoms with Gasteiger partial charge in [-0.05, 0) is 12.8 Å². The summed E-state index contributed by atoms with van der Waals surface area (Å²) in [6, 6.07) is 0. The minimum absolute atomic E-state index is 0.0976. The Morgan fingerprint density at radius 3 is 2.44 bits per heavy atom. The van der Waals surface area contributed by atoms with E-state index in [2.05, 4.69) is 10.2 Å². The quantitative estimate of drug-likeness (QED) is 0.763. The predicted molar refractivity (Wildman–Crippen MR) is 79.8 cm³/mol. The van der Waals surface area contributed by atoms with Crippen LogP contribution in [0.5, 0.6) is 0 Å². The lowest BCUT2D eigenvalue weighted by Crippen LogP contribution is -2.56. The molecule has 0 spiro atoms. The molecule has 150 valence electrons. The molecule has 2 heterocycles. The Kier molecular flexibility index (Phi) is 4.70. The molecule has 0 radical (unpaired) electrons. The van der Waals surface area contributed by atoms with Crippen LogP contribution < -0.4 is 0 Å². The van der Waals surface area contributed by atoms with Crippen molar-refractivity contribution in [1.29, 1.82) is 0 Å². The van der Waals surface area contributed by atoms with Crippen molar-refractivity contribution in [3.8, 4) is 0 Å². The van der Waals surface area contributed by atoms with Gasteiger partial charge in [-0.3, -0.25) is 9.48 Å². The molecule has 1 unspecified atom stereocenters. The Hall–Kier alpha value is -1.82. The number of amides is 1. The van der Waals surface area contributed by atoms with Crippen LogP contribution in [0.15, 0.2) is 5.10 Å². The molecular formula is C14H13ClF6N4O2. The van der Waals surface area contributed by atoms with E-state index in [1.165, 1.54) is 0 Å². The average molecular weight is 419 g/mol. The zero-order valence-electron chi connectivity index (χ0n) is 13.5. The highest BCUT2D eigenvalue weighted by atomic mass is 35.5. The first-order valence-electron chi connectivity index (χ1n) is 7.84. The number of rotatable bonds is 4. The number of alkyl halides is 6. The van der Waals surface area contributed by atoms with E-state index in [1.807, 2.05) is 0 Å². The topological polar surface area (TPSA) is 70.7 Å². The summed E-state index contributed by atoms with van der Waals surface area (Å²) in [4.78, 5) is 12.1. The summed E-state index contributed by atoms with van der Waals surface area (Å²) in [5.74, 6) is -1.45. The van der Waals surface area contributed by atoms with Gasteiger partial charge in [0.05, 0.1) is 17.3 Å². The van der Waals surface area contributed by atoms with Crippen molar-refractivity contribution in [3.63, 3.8) is 0 Å². The van der Waals surface area contributed by atoms with Crippen LogP contribution in [0.3, 0.4) is 0 Å². The van der Waals surface area contributed by atoms with E-state index >= 15 is 0 Å². The average Bonchev–Trinajstić information content (AvgIpc) is 3.18. The third-order valence-electron chi connectivity index (χ3n) is 4.32. The lowest BCUT2D eigenvalue weighted by atomic mass is 10.1. The number of hydrazone groups is 1. The maximum Gasteiger partial charge on any atom is 0.438 e. The van der Waals surface area contributed by atoms with Crippen molar-refractivity contribution < 1.29 is 36.2 Å². The van der Waals surface area contributed by atoms with Crippen LogP contribution in [0.2, 0.25) is 5.02 Å². The Morgan fingerprint density at radius 1 is 1.30 bits per heavy atom. The standard InChI is InChI=1S/C14H13ClF6N4O2/c15-9-10(7-1-2-7)24(23-11(9)13(16,17)18)6-3-8(26)25-12(27,4-5-22-25)14(19,20)21/h5,7,27H,1-4,6H2. The van der Waals surface area contributed by atoms with Gasteiger partial charge in [0.15, 0.2) is 5.69 Å². The third-order valence-corrected chi connectivity index (χ3v) is 4.69. The molecule has 1 aliphatic heterocycles. The molecule has 0 saturated heterocycles. The molecule has 2 aliphatic rings. The number of nitrogens with zero attached hydrogens (tertiary/aromatic N) is 4. The van der Waals surface area contributed by atoms with Crippen LogP contribution in [0.25, 0.3) is 0 Å². The maximum atomic E-state index is 13.0. The molecule has 1 amide bonds. The number of carbonyl (C=O) groups is 1. The molecule has 6 nitrogen and oxygen atoms in total. The summed E-state index contributed by atoms with van der Waals surface area (Å²) in [5, 5.41) is 15.7. The largest absolute Gasteiger partial charge is 0.438 e. The SMILES string of the molecule is O=C(CCn1nc(C(F)(F)F)c(Cl)c1C1CC1)N1N=CCC1(O)C(F)(F)F. The van der Waals surface area contributed by atoms with Gasteiger partial charge in [0.25, 0.3) is 5.72 Å². The number of aliphatic hydroxyl groups is 1.